The van der Waals surface area contributed by atoms with Gasteiger partial charge in [-0.05, 0) is 6.92 Å². The lowest BCUT2D eigenvalue weighted by atomic mass is 9.95. The Kier molecular flexibility index (Phi) is 3.42. The number of nitrogens with one attached hydrogen (secondary N) is 1. The average molecular weight is 261 g/mol. The van der Waals surface area contributed by atoms with Gasteiger partial charge in [0.05, 0.1) is 12.7 Å². The van der Waals surface area contributed by atoms with Gasteiger partial charge in [-0.25, -0.2) is 9.97 Å². The standard InChI is InChI=1S/C13H19N5O/c1-8-10(14)17-12(13(2,3)4)18-11(8)15-7-9-5-6-16-19-9/h5-6H,7H2,1-4H3,(H3,14,15,17,18). The van der Waals surface area contributed by atoms with Gasteiger partial charge in [0.1, 0.15) is 17.5 Å². The first-order chi connectivity index (χ1) is 8.88. The van der Waals surface area contributed by atoms with Gasteiger partial charge < -0.3 is 15.6 Å². The minimum absolute atomic E-state index is 0.148. The van der Waals surface area contributed by atoms with E-state index in [1.54, 1.807) is 12.3 Å². The fourth-order valence-electron chi connectivity index (χ4n) is 1.55. The number of hydrogen-bond donors (Lipinski definition) is 2. The molecule has 0 aromatic carbocycles. The van der Waals surface area contributed by atoms with Crippen molar-refractivity contribution in [3.63, 3.8) is 0 Å². The van der Waals surface area contributed by atoms with Crippen molar-refractivity contribution in [2.75, 3.05) is 11.1 Å². The lowest BCUT2D eigenvalue weighted by Crippen LogP contribution is -2.19. The molecule has 0 fully saturated rings. The second-order valence-electron chi connectivity index (χ2n) is 5.49. The maximum Gasteiger partial charge on any atom is 0.155 e. The van der Waals surface area contributed by atoms with Crippen LogP contribution in [-0.4, -0.2) is 15.1 Å². The zero-order valence-corrected chi connectivity index (χ0v) is 11.7. The highest BCUT2D eigenvalue weighted by Gasteiger charge is 2.20. The largest absolute Gasteiger partial charge is 0.383 e. The van der Waals surface area contributed by atoms with Crippen molar-refractivity contribution in [3.8, 4) is 0 Å². The average Bonchev–Trinajstić information content (AvgIpc) is 2.82. The van der Waals surface area contributed by atoms with Gasteiger partial charge >= 0.3 is 0 Å². The van der Waals surface area contributed by atoms with Crippen molar-refractivity contribution in [1.29, 1.82) is 0 Å². The summed E-state index contributed by atoms with van der Waals surface area (Å²) in [6.45, 7) is 8.57. The number of nitrogens with zero attached hydrogens (tertiary/aromatic N) is 3. The minimum Gasteiger partial charge on any atom is -0.383 e. The van der Waals surface area contributed by atoms with Crippen LogP contribution in [0, 0.1) is 6.92 Å². The molecule has 6 heteroatoms. The molecule has 0 saturated carbocycles. The van der Waals surface area contributed by atoms with E-state index >= 15 is 0 Å². The van der Waals surface area contributed by atoms with E-state index in [0.29, 0.717) is 12.4 Å². The van der Waals surface area contributed by atoms with Crippen LogP contribution in [0.2, 0.25) is 0 Å². The third-order valence-corrected chi connectivity index (χ3v) is 2.78. The number of rotatable bonds is 3. The zero-order valence-electron chi connectivity index (χ0n) is 11.7. The summed E-state index contributed by atoms with van der Waals surface area (Å²) in [6, 6.07) is 1.80. The first-order valence-electron chi connectivity index (χ1n) is 6.16. The Balaban J connectivity index is 2.26. The Morgan fingerprint density at radius 2 is 2.05 bits per heavy atom. The van der Waals surface area contributed by atoms with Gasteiger partial charge in [0.15, 0.2) is 5.76 Å². The molecule has 102 valence electrons. The maximum absolute atomic E-state index is 5.94. The van der Waals surface area contributed by atoms with Crippen molar-refractivity contribution in [1.82, 2.24) is 15.1 Å². The Morgan fingerprint density at radius 1 is 1.32 bits per heavy atom. The Morgan fingerprint density at radius 3 is 2.63 bits per heavy atom. The van der Waals surface area contributed by atoms with Crippen LogP contribution in [0.5, 0.6) is 0 Å². The molecule has 2 heterocycles. The first kappa shape index (κ1) is 13.3. The van der Waals surface area contributed by atoms with Crippen molar-refractivity contribution < 1.29 is 4.52 Å². The summed E-state index contributed by atoms with van der Waals surface area (Å²) < 4.78 is 5.04. The zero-order chi connectivity index (χ0) is 14.0. The van der Waals surface area contributed by atoms with Gasteiger partial charge in [0.2, 0.25) is 0 Å². The van der Waals surface area contributed by atoms with Crippen LogP contribution < -0.4 is 11.1 Å². The van der Waals surface area contributed by atoms with Crippen LogP contribution in [-0.2, 0) is 12.0 Å². The van der Waals surface area contributed by atoms with Crippen LogP contribution >= 0.6 is 0 Å². The smallest absolute Gasteiger partial charge is 0.155 e. The normalized spacial score (nSPS) is 11.6. The Labute approximate surface area is 112 Å². The molecule has 0 amide bonds. The molecule has 0 saturated heterocycles. The van der Waals surface area contributed by atoms with Gasteiger partial charge in [0, 0.05) is 17.0 Å². The van der Waals surface area contributed by atoms with Gasteiger partial charge in [-0.3, -0.25) is 0 Å². The molecule has 3 N–H and O–H groups in total. The SMILES string of the molecule is Cc1c(N)nc(C(C)(C)C)nc1NCc1ccno1. The predicted octanol–water partition coefficient (Wildman–Crippen LogP) is 2.26. The fraction of sp³-hybridized carbons (Fsp3) is 0.462. The second-order valence-corrected chi connectivity index (χ2v) is 5.49. The first-order valence-corrected chi connectivity index (χ1v) is 6.16. The molecule has 0 atom stereocenters. The predicted molar refractivity (Wildman–Crippen MR) is 73.7 cm³/mol. The Bertz CT molecular complexity index is 557. The highest BCUT2D eigenvalue weighted by atomic mass is 16.5. The molecule has 2 rings (SSSR count). The van der Waals surface area contributed by atoms with E-state index < -0.39 is 0 Å². The van der Waals surface area contributed by atoms with E-state index in [2.05, 4.69) is 41.2 Å². The van der Waals surface area contributed by atoms with Crippen molar-refractivity contribution in [2.24, 2.45) is 0 Å². The maximum atomic E-state index is 5.94. The number of hydrogen-bond acceptors (Lipinski definition) is 6. The lowest BCUT2D eigenvalue weighted by Gasteiger charge is -2.19. The third kappa shape index (κ3) is 3.01. The van der Waals surface area contributed by atoms with Crippen molar-refractivity contribution in [2.45, 2.75) is 39.7 Å². The fourth-order valence-corrected chi connectivity index (χ4v) is 1.55. The quantitative estimate of drug-likeness (QED) is 0.880. The molecule has 19 heavy (non-hydrogen) atoms. The van der Waals surface area contributed by atoms with Crippen LogP contribution in [0.1, 0.15) is 37.9 Å². The number of nitrogens with two attached hydrogens (primary N) is 1. The third-order valence-electron chi connectivity index (χ3n) is 2.78. The molecule has 0 bridgehead atoms. The van der Waals surface area contributed by atoms with Crippen LogP contribution in [0.25, 0.3) is 0 Å². The molecule has 0 aliphatic heterocycles. The van der Waals surface area contributed by atoms with Gasteiger partial charge in [-0.2, -0.15) is 0 Å². The summed E-state index contributed by atoms with van der Waals surface area (Å²) in [7, 11) is 0. The van der Waals surface area contributed by atoms with Gasteiger partial charge in [-0.1, -0.05) is 25.9 Å². The van der Waals surface area contributed by atoms with Gasteiger partial charge in [-0.15, -0.1) is 0 Å². The number of aromatic nitrogens is 3. The minimum atomic E-state index is -0.148. The molecule has 0 aliphatic rings. The molecule has 0 radical (unpaired) electrons. The van der Waals surface area contributed by atoms with E-state index in [9.17, 15) is 0 Å². The molecule has 0 aliphatic carbocycles. The lowest BCUT2D eigenvalue weighted by molar-refractivity contribution is 0.388. The van der Waals surface area contributed by atoms with Gasteiger partial charge in [0.25, 0.3) is 0 Å². The Hall–Kier alpha value is -2.11. The van der Waals surface area contributed by atoms with E-state index in [1.165, 1.54) is 0 Å². The van der Waals surface area contributed by atoms with Crippen LogP contribution in [0.4, 0.5) is 11.6 Å². The van der Waals surface area contributed by atoms with Crippen LogP contribution in [0.3, 0.4) is 0 Å². The molecule has 2 aromatic heterocycles. The second kappa shape index (κ2) is 4.87. The summed E-state index contributed by atoms with van der Waals surface area (Å²) in [5.41, 5.74) is 6.63. The van der Waals surface area contributed by atoms with Crippen LogP contribution in [0.15, 0.2) is 16.8 Å². The summed E-state index contributed by atoms with van der Waals surface area (Å²) in [5, 5.41) is 6.86. The van der Waals surface area contributed by atoms with E-state index in [4.69, 9.17) is 10.3 Å². The molecule has 6 nitrogen and oxygen atoms in total. The molecule has 0 unspecified atom stereocenters. The van der Waals surface area contributed by atoms with Crippen molar-refractivity contribution >= 4 is 11.6 Å². The van der Waals surface area contributed by atoms with E-state index in [-0.39, 0.29) is 5.41 Å². The molecular formula is C13H19N5O. The summed E-state index contributed by atoms with van der Waals surface area (Å²) >= 11 is 0. The highest BCUT2D eigenvalue weighted by molar-refractivity contribution is 5.55. The molecule has 2 aromatic rings. The summed E-state index contributed by atoms with van der Waals surface area (Å²) in [5.74, 6) is 2.69. The summed E-state index contributed by atoms with van der Waals surface area (Å²) in [4.78, 5) is 8.88. The van der Waals surface area contributed by atoms with E-state index in [0.717, 1.165) is 23.0 Å². The monoisotopic (exact) mass is 261 g/mol. The topological polar surface area (TPSA) is 89.9 Å². The number of anilines is 2. The van der Waals surface area contributed by atoms with E-state index in [1.807, 2.05) is 6.92 Å². The summed E-state index contributed by atoms with van der Waals surface area (Å²) in [6.07, 6.45) is 1.61. The molecule has 0 spiro atoms. The molecular weight excluding hydrogens is 242 g/mol. The van der Waals surface area contributed by atoms with Crippen molar-refractivity contribution in [3.05, 3.63) is 29.4 Å². The highest BCUT2D eigenvalue weighted by Crippen LogP contribution is 2.24. The number of nitrogen functional groups attached to an aromatic ring is 1.